The van der Waals surface area contributed by atoms with Gasteiger partial charge in [0.2, 0.25) is 0 Å². The SMILES string of the molecule is CCCCCSc1c(CNC(C)(C)C)c(C)nn1C. The molecular weight excluding hydrogens is 254 g/mol. The van der Waals surface area contributed by atoms with E-state index in [-0.39, 0.29) is 5.54 Å². The molecule has 0 aliphatic carbocycles. The van der Waals surface area contributed by atoms with E-state index in [0.29, 0.717) is 0 Å². The van der Waals surface area contributed by atoms with E-state index in [4.69, 9.17) is 0 Å². The number of hydrogen-bond acceptors (Lipinski definition) is 3. The lowest BCUT2D eigenvalue weighted by molar-refractivity contribution is 0.421. The monoisotopic (exact) mass is 283 g/mol. The van der Waals surface area contributed by atoms with Crippen LogP contribution in [0.5, 0.6) is 0 Å². The maximum Gasteiger partial charge on any atom is 0.0984 e. The first kappa shape index (κ1) is 16.6. The predicted octanol–water partition coefficient (Wildman–Crippen LogP) is 3.90. The predicted molar refractivity (Wildman–Crippen MR) is 84.8 cm³/mol. The summed E-state index contributed by atoms with van der Waals surface area (Å²) in [5.41, 5.74) is 2.66. The highest BCUT2D eigenvalue weighted by atomic mass is 32.2. The molecular formula is C15H29N3S. The van der Waals surface area contributed by atoms with E-state index < -0.39 is 0 Å². The van der Waals surface area contributed by atoms with Crippen LogP contribution in [0.1, 0.15) is 58.2 Å². The van der Waals surface area contributed by atoms with Gasteiger partial charge in [-0.25, -0.2) is 0 Å². The van der Waals surface area contributed by atoms with Gasteiger partial charge < -0.3 is 5.32 Å². The molecule has 1 rings (SSSR count). The molecule has 110 valence electrons. The average molecular weight is 283 g/mol. The van der Waals surface area contributed by atoms with E-state index in [9.17, 15) is 0 Å². The number of aryl methyl sites for hydroxylation is 2. The molecule has 1 aromatic heterocycles. The average Bonchev–Trinajstić information content (AvgIpc) is 2.56. The van der Waals surface area contributed by atoms with Crippen molar-refractivity contribution in [3.63, 3.8) is 0 Å². The molecule has 19 heavy (non-hydrogen) atoms. The van der Waals surface area contributed by atoms with Gasteiger partial charge in [0.25, 0.3) is 0 Å². The van der Waals surface area contributed by atoms with Crippen LogP contribution >= 0.6 is 11.8 Å². The first-order valence-electron chi connectivity index (χ1n) is 7.25. The minimum atomic E-state index is 0.145. The second-order valence-corrected chi connectivity index (χ2v) is 7.24. The van der Waals surface area contributed by atoms with Crippen molar-refractivity contribution in [2.24, 2.45) is 7.05 Å². The summed E-state index contributed by atoms with van der Waals surface area (Å²) in [5.74, 6) is 1.19. The van der Waals surface area contributed by atoms with Gasteiger partial charge in [-0.15, -0.1) is 11.8 Å². The number of unbranched alkanes of at least 4 members (excludes halogenated alkanes) is 2. The summed E-state index contributed by atoms with van der Waals surface area (Å²) in [6.07, 6.45) is 3.89. The number of nitrogens with zero attached hydrogens (tertiary/aromatic N) is 2. The quantitative estimate of drug-likeness (QED) is 0.608. The fraction of sp³-hybridized carbons (Fsp3) is 0.800. The summed E-state index contributed by atoms with van der Waals surface area (Å²) < 4.78 is 2.03. The molecule has 0 aliphatic rings. The number of rotatable bonds is 7. The van der Waals surface area contributed by atoms with Crippen molar-refractivity contribution in [1.29, 1.82) is 0 Å². The molecule has 1 heterocycles. The Balaban J connectivity index is 2.68. The third-order valence-electron chi connectivity index (χ3n) is 3.07. The van der Waals surface area contributed by atoms with E-state index in [1.165, 1.54) is 35.6 Å². The van der Waals surface area contributed by atoms with Crippen LogP contribution in [0.4, 0.5) is 0 Å². The van der Waals surface area contributed by atoms with Crippen molar-refractivity contribution in [1.82, 2.24) is 15.1 Å². The molecule has 0 spiro atoms. The van der Waals surface area contributed by atoms with Crippen molar-refractivity contribution < 1.29 is 0 Å². The Hall–Kier alpha value is -0.480. The smallest absolute Gasteiger partial charge is 0.0984 e. The second kappa shape index (κ2) is 7.34. The summed E-state index contributed by atoms with van der Waals surface area (Å²) in [6, 6.07) is 0. The molecule has 1 aromatic rings. The third-order valence-corrected chi connectivity index (χ3v) is 4.35. The third kappa shape index (κ3) is 5.57. The Morgan fingerprint density at radius 2 is 1.95 bits per heavy atom. The molecule has 0 aromatic carbocycles. The van der Waals surface area contributed by atoms with Gasteiger partial charge in [-0.3, -0.25) is 4.68 Å². The fourth-order valence-corrected chi connectivity index (χ4v) is 3.10. The van der Waals surface area contributed by atoms with Crippen molar-refractivity contribution in [2.75, 3.05) is 5.75 Å². The van der Waals surface area contributed by atoms with Crippen molar-refractivity contribution in [3.8, 4) is 0 Å². The Bertz CT molecular complexity index is 391. The molecule has 0 saturated heterocycles. The van der Waals surface area contributed by atoms with Crippen molar-refractivity contribution in [2.45, 2.75) is 71.0 Å². The number of hydrogen-bond donors (Lipinski definition) is 1. The maximum absolute atomic E-state index is 4.57. The van der Waals surface area contributed by atoms with Gasteiger partial charge in [0.1, 0.15) is 0 Å². The highest BCUT2D eigenvalue weighted by molar-refractivity contribution is 7.99. The van der Waals surface area contributed by atoms with Crippen LogP contribution in [0.3, 0.4) is 0 Å². The lowest BCUT2D eigenvalue weighted by atomic mass is 10.1. The van der Waals surface area contributed by atoms with Crippen LogP contribution in [0.25, 0.3) is 0 Å². The van der Waals surface area contributed by atoms with E-state index in [1.54, 1.807) is 0 Å². The molecule has 4 heteroatoms. The molecule has 3 nitrogen and oxygen atoms in total. The van der Waals surface area contributed by atoms with Crippen LogP contribution in [0, 0.1) is 6.92 Å². The summed E-state index contributed by atoms with van der Waals surface area (Å²) >= 11 is 1.95. The molecule has 0 bridgehead atoms. The maximum atomic E-state index is 4.57. The molecule has 1 N–H and O–H groups in total. The first-order valence-corrected chi connectivity index (χ1v) is 8.24. The molecule has 0 amide bonds. The number of thioether (sulfide) groups is 1. The lowest BCUT2D eigenvalue weighted by Crippen LogP contribution is -2.35. The van der Waals surface area contributed by atoms with Crippen LogP contribution in [-0.2, 0) is 13.6 Å². The topological polar surface area (TPSA) is 29.9 Å². The Morgan fingerprint density at radius 3 is 2.53 bits per heavy atom. The molecule has 0 fully saturated rings. The van der Waals surface area contributed by atoms with Crippen LogP contribution < -0.4 is 5.32 Å². The Kier molecular flexibility index (Phi) is 6.40. The van der Waals surface area contributed by atoms with E-state index in [0.717, 1.165) is 12.2 Å². The number of nitrogens with one attached hydrogen (secondary N) is 1. The van der Waals surface area contributed by atoms with E-state index in [2.05, 4.69) is 52.1 Å². The highest BCUT2D eigenvalue weighted by Gasteiger charge is 2.16. The van der Waals surface area contributed by atoms with Crippen LogP contribution in [0.2, 0.25) is 0 Å². The summed E-state index contributed by atoms with van der Waals surface area (Å²) in [5, 5.41) is 9.46. The zero-order valence-corrected chi connectivity index (χ0v) is 14.2. The molecule has 0 atom stereocenters. The lowest BCUT2D eigenvalue weighted by Gasteiger charge is -2.20. The molecule has 0 radical (unpaired) electrons. The van der Waals surface area contributed by atoms with Gasteiger partial charge in [0.05, 0.1) is 10.7 Å². The van der Waals surface area contributed by atoms with Crippen LogP contribution in [-0.4, -0.2) is 21.1 Å². The normalized spacial score (nSPS) is 12.1. The molecule has 0 aliphatic heterocycles. The Morgan fingerprint density at radius 1 is 1.26 bits per heavy atom. The standard InChI is InChI=1S/C15H29N3S/c1-7-8-9-10-19-14-13(11-16-15(3,4)5)12(2)17-18(14)6/h16H,7-11H2,1-6H3. The van der Waals surface area contributed by atoms with Crippen LogP contribution in [0.15, 0.2) is 5.03 Å². The largest absolute Gasteiger partial charge is 0.308 e. The highest BCUT2D eigenvalue weighted by Crippen LogP contribution is 2.26. The Labute approximate surface area is 122 Å². The zero-order valence-electron chi connectivity index (χ0n) is 13.3. The van der Waals surface area contributed by atoms with Crippen molar-refractivity contribution >= 4 is 11.8 Å². The first-order chi connectivity index (χ1) is 8.85. The minimum Gasteiger partial charge on any atom is -0.308 e. The van der Waals surface area contributed by atoms with Gasteiger partial charge >= 0.3 is 0 Å². The fourth-order valence-electron chi connectivity index (χ4n) is 1.94. The minimum absolute atomic E-state index is 0.145. The summed E-state index contributed by atoms with van der Waals surface area (Å²) in [6.45, 7) is 11.9. The van der Waals surface area contributed by atoms with Gasteiger partial charge in [-0.05, 0) is 39.9 Å². The van der Waals surface area contributed by atoms with E-state index in [1.807, 2.05) is 16.4 Å². The summed E-state index contributed by atoms with van der Waals surface area (Å²) in [4.78, 5) is 0. The summed E-state index contributed by atoms with van der Waals surface area (Å²) in [7, 11) is 2.05. The van der Waals surface area contributed by atoms with Gasteiger partial charge in [0, 0.05) is 24.7 Å². The number of aromatic nitrogens is 2. The van der Waals surface area contributed by atoms with Gasteiger partial charge in [0.15, 0.2) is 0 Å². The molecule has 0 unspecified atom stereocenters. The second-order valence-electron chi connectivity index (χ2n) is 6.15. The van der Waals surface area contributed by atoms with Crippen molar-refractivity contribution in [3.05, 3.63) is 11.3 Å². The zero-order chi connectivity index (χ0) is 14.5. The van der Waals surface area contributed by atoms with E-state index >= 15 is 0 Å². The van der Waals surface area contributed by atoms with Gasteiger partial charge in [-0.2, -0.15) is 5.10 Å². The molecule has 0 saturated carbocycles. The van der Waals surface area contributed by atoms with Gasteiger partial charge in [-0.1, -0.05) is 19.8 Å².